The minimum atomic E-state index is -0.145. The highest BCUT2D eigenvalue weighted by atomic mass is 16.5. The quantitative estimate of drug-likeness (QED) is 0.756. The first-order valence-electron chi connectivity index (χ1n) is 9.90. The molecule has 150 valence electrons. The van der Waals surface area contributed by atoms with Gasteiger partial charge in [0.1, 0.15) is 0 Å². The second-order valence-electron chi connectivity index (χ2n) is 7.33. The number of rotatable bonds is 8. The van der Waals surface area contributed by atoms with E-state index in [1.54, 1.807) is 18.2 Å². The van der Waals surface area contributed by atoms with Crippen molar-refractivity contribution in [3.63, 3.8) is 0 Å². The predicted octanol–water partition coefficient (Wildman–Crippen LogP) is 3.25. The molecule has 0 spiro atoms. The van der Waals surface area contributed by atoms with Gasteiger partial charge in [0, 0.05) is 24.7 Å². The molecular weight excluding hydrogens is 344 g/mol. The van der Waals surface area contributed by atoms with Crippen LogP contribution in [0.3, 0.4) is 0 Å². The summed E-state index contributed by atoms with van der Waals surface area (Å²) in [6.07, 6.45) is 3.28. The third-order valence-corrected chi connectivity index (χ3v) is 4.92. The third kappa shape index (κ3) is 6.15. The normalized spacial score (nSPS) is 15.4. The highest BCUT2D eigenvalue weighted by molar-refractivity contribution is 5.95. The highest BCUT2D eigenvalue weighted by Crippen LogP contribution is 2.29. The molecule has 1 atom stereocenters. The molecule has 1 fully saturated rings. The number of amides is 2. The maximum atomic E-state index is 12.4. The lowest BCUT2D eigenvalue weighted by Gasteiger charge is -2.26. The van der Waals surface area contributed by atoms with Gasteiger partial charge in [-0.05, 0) is 57.2 Å². The molecule has 27 heavy (non-hydrogen) atoms. The van der Waals surface area contributed by atoms with E-state index in [2.05, 4.69) is 19.2 Å². The van der Waals surface area contributed by atoms with Crippen LogP contribution in [0.2, 0.25) is 0 Å². The second-order valence-corrected chi connectivity index (χ2v) is 7.33. The van der Waals surface area contributed by atoms with Gasteiger partial charge in [0.15, 0.2) is 18.1 Å². The van der Waals surface area contributed by atoms with Gasteiger partial charge in [0.05, 0.1) is 6.61 Å². The zero-order chi connectivity index (χ0) is 19.8. The van der Waals surface area contributed by atoms with Gasteiger partial charge in [-0.3, -0.25) is 9.59 Å². The lowest BCUT2D eigenvalue weighted by molar-refractivity contribution is -0.134. The number of piperidine rings is 1. The van der Waals surface area contributed by atoms with E-state index in [1.165, 1.54) is 6.42 Å². The highest BCUT2D eigenvalue weighted by Gasteiger charge is 2.19. The Labute approximate surface area is 162 Å². The summed E-state index contributed by atoms with van der Waals surface area (Å²) in [7, 11) is 0. The largest absolute Gasteiger partial charge is 0.490 e. The first-order valence-corrected chi connectivity index (χ1v) is 9.90. The molecule has 0 saturated carbocycles. The Morgan fingerprint density at radius 1 is 1.07 bits per heavy atom. The number of benzene rings is 1. The molecule has 1 unspecified atom stereocenters. The van der Waals surface area contributed by atoms with Gasteiger partial charge in [0.2, 0.25) is 0 Å². The molecule has 1 saturated heterocycles. The number of nitrogens with one attached hydrogen (secondary N) is 1. The molecular formula is C21H32N2O4. The van der Waals surface area contributed by atoms with Gasteiger partial charge in [-0.1, -0.05) is 13.8 Å². The van der Waals surface area contributed by atoms with E-state index >= 15 is 0 Å². The van der Waals surface area contributed by atoms with Gasteiger partial charge >= 0.3 is 0 Å². The van der Waals surface area contributed by atoms with E-state index in [0.717, 1.165) is 25.9 Å². The Morgan fingerprint density at radius 3 is 2.41 bits per heavy atom. The van der Waals surface area contributed by atoms with Crippen molar-refractivity contribution < 1.29 is 19.1 Å². The lowest BCUT2D eigenvalue weighted by Crippen LogP contribution is -2.38. The van der Waals surface area contributed by atoms with Crippen molar-refractivity contribution in [2.24, 2.45) is 5.92 Å². The molecule has 6 heteroatoms. The minimum Gasteiger partial charge on any atom is -0.490 e. The Bertz CT molecular complexity index is 639. The Morgan fingerprint density at radius 2 is 1.78 bits per heavy atom. The first kappa shape index (κ1) is 21.1. The van der Waals surface area contributed by atoms with Crippen LogP contribution in [0, 0.1) is 5.92 Å². The fraction of sp³-hybridized carbons (Fsp3) is 0.619. The average molecular weight is 376 g/mol. The summed E-state index contributed by atoms with van der Waals surface area (Å²) < 4.78 is 11.3. The molecule has 1 aliphatic rings. The van der Waals surface area contributed by atoms with E-state index < -0.39 is 0 Å². The van der Waals surface area contributed by atoms with E-state index in [-0.39, 0.29) is 24.5 Å². The van der Waals surface area contributed by atoms with Crippen molar-refractivity contribution in [3.8, 4) is 11.5 Å². The van der Waals surface area contributed by atoms with E-state index in [0.29, 0.717) is 29.6 Å². The second kappa shape index (κ2) is 10.2. The fourth-order valence-corrected chi connectivity index (χ4v) is 2.87. The van der Waals surface area contributed by atoms with Crippen LogP contribution >= 0.6 is 0 Å². The van der Waals surface area contributed by atoms with Crippen molar-refractivity contribution in [1.29, 1.82) is 0 Å². The average Bonchev–Trinajstić information content (AvgIpc) is 2.67. The molecule has 0 aromatic heterocycles. The minimum absolute atomic E-state index is 0.00951. The van der Waals surface area contributed by atoms with Crippen molar-refractivity contribution in [3.05, 3.63) is 23.8 Å². The monoisotopic (exact) mass is 376 g/mol. The molecule has 1 aromatic rings. The molecule has 2 rings (SSSR count). The summed E-state index contributed by atoms with van der Waals surface area (Å²) in [5.74, 6) is 1.16. The van der Waals surface area contributed by atoms with Gasteiger partial charge in [0.25, 0.3) is 11.8 Å². The Balaban J connectivity index is 2.03. The molecule has 2 amide bonds. The summed E-state index contributed by atoms with van der Waals surface area (Å²) in [6.45, 7) is 10.0. The number of hydrogen-bond acceptors (Lipinski definition) is 4. The van der Waals surface area contributed by atoms with Crippen LogP contribution in [0.25, 0.3) is 0 Å². The van der Waals surface area contributed by atoms with Gasteiger partial charge in [-0.2, -0.15) is 0 Å². The summed E-state index contributed by atoms with van der Waals surface area (Å²) in [6, 6.07) is 5.15. The molecule has 6 nitrogen and oxygen atoms in total. The molecule has 0 radical (unpaired) electrons. The van der Waals surface area contributed by atoms with Gasteiger partial charge in [-0.15, -0.1) is 0 Å². The lowest BCUT2D eigenvalue weighted by atomic mass is 10.1. The predicted molar refractivity (Wildman–Crippen MR) is 105 cm³/mol. The van der Waals surface area contributed by atoms with Crippen LogP contribution in [0.1, 0.15) is 57.3 Å². The summed E-state index contributed by atoms with van der Waals surface area (Å²) >= 11 is 0. The van der Waals surface area contributed by atoms with Crippen LogP contribution in [0.15, 0.2) is 18.2 Å². The first-order chi connectivity index (χ1) is 12.9. The molecule has 1 heterocycles. The number of ether oxygens (including phenoxy) is 2. The van der Waals surface area contributed by atoms with Gasteiger partial charge < -0.3 is 19.7 Å². The van der Waals surface area contributed by atoms with Crippen molar-refractivity contribution >= 4 is 11.8 Å². The molecule has 1 aromatic carbocycles. The van der Waals surface area contributed by atoms with Crippen LogP contribution in [-0.4, -0.2) is 49.1 Å². The zero-order valence-electron chi connectivity index (χ0n) is 16.9. The molecule has 0 bridgehead atoms. The summed E-state index contributed by atoms with van der Waals surface area (Å²) in [4.78, 5) is 26.6. The number of carbonyl (C=O) groups excluding carboxylic acids is 2. The topological polar surface area (TPSA) is 67.9 Å². The molecule has 1 N–H and O–H groups in total. The molecule has 0 aliphatic carbocycles. The number of likely N-dealkylation sites (tertiary alicyclic amines) is 1. The fourth-order valence-electron chi connectivity index (χ4n) is 2.87. The zero-order valence-corrected chi connectivity index (χ0v) is 16.9. The van der Waals surface area contributed by atoms with Crippen LogP contribution in [0.4, 0.5) is 0 Å². The van der Waals surface area contributed by atoms with E-state index in [4.69, 9.17) is 9.47 Å². The van der Waals surface area contributed by atoms with Crippen molar-refractivity contribution in [2.75, 3.05) is 26.3 Å². The Hall–Kier alpha value is -2.24. The van der Waals surface area contributed by atoms with Gasteiger partial charge in [-0.25, -0.2) is 0 Å². The summed E-state index contributed by atoms with van der Waals surface area (Å²) in [5, 5.41) is 2.98. The van der Waals surface area contributed by atoms with Crippen molar-refractivity contribution in [1.82, 2.24) is 10.2 Å². The maximum absolute atomic E-state index is 12.4. The smallest absolute Gasteiger partial charge is 0.260 e. The van der Waals surface area contributed by atoms with E-state index in [1.807, 2.05) is 18.7 Å². The molecule has 1 aliphatic heterocycles. The Kier molecular flexibility index (Phi) is 7.95. The van der Waals surface area contributed by atoms with Crippen molar-refractivity contribution in [2.45, 2.75) is 53.0 Å². The number of hydrogen-bond donors (Lipinski definition) is 1. The SMILES string of the molecule is CCOc1cc(C(=O)NC(C)C(C)C)ccc1OCC(=O)N1CCCCC1. The van der Waals surface area contributed by atoms with Crippen LogP contribution < -0.4 is 14.8 Å². The van der Waals surface area contributed by atoms with E-state index in [9.17, 15) is 9.59 Å². The van der Waals surface area contributed by atoms with Crippen LogP contribution in [-0.2, 0) is 4.79 Å². The standard InChI is InChI=1S/C21H32N2O4/c1-5-26-19-13-17(21(25)22-16(4)15(2)3)9-10-18(19)27-14-20(24)23-11-7-6-8-12-23/h9-10,13,15-16H,5-8,11-12,14H2,1-4H3,(H,22,25). The maximum Gasteiger partial charge on any atom is 0.260 e. The van der Waals surface area contributed by atoms with Crippen LogP contribution in [0.5, 0.6) is 11.5 Å². The summed E-state index contributed by atoms with van der Waals surface area (Å²) in [5.41, 5.74) is 0.514. The number of nitrogens with zero attached hydrogens (tertiary/aromatic N) is 1. The third-order valence-electron chi connectivity index (χ3n) is 4.92. The number of carbonyl (C=O) groups is 2.